The highest BCUT2D eigenvalue weighted by Crippen LogP contribution is 2.15. The van der Waals surface area contributed by atoms with Crippen LogP contribution in [0.5, 0.6) is 0 Å². The van der Waals surface area contributed by atoms with E-state index in [2.05, 4.69) is 16.0 Å². The highest BCUT2D eigenvalue weighted by atomic mass is 35.5. The van der Waals surface area contributed by atoms with Gasteiger partial charge in [0, 0.05) is 18.7 Å². The minimum absolute atomic E-state index is 0. The van der Waals surface area contributed by atoms with Gasteiger partial charge >= 0.3 is 0 Å². The van der Waals surface area contributed by atoms with E-state index < -0.39 is 11.7 Å². The minimum Gasteiger partial charge on any atom is -0.349 e. The molecule has 0 bridgehead atoms. The number of hydrogen-bond donors (Lipinski definition) is 3. The lowest BCUT2D eigenvalue weighted by atomic mass is 10.1. The largest absolute Gasteiger partial charge is 0.349 e. The SMILES string of the molecule is CC(=O)Nc1ccc(F)c(C(=O)NC2CCNCC2)c1.Cl. The maximum absolute atomic E-state index is 13.7. The Morgan fingerprint density at radius 1 is 1.29 bits per heavy atom. The van der Waals surface area contributed by atoms with Crippen molar-refractivity contribution in [3.63, 3.8) is 0 Å². The predicted molar refractivity (Wildman–Crippen MR) is 81.3 cm³/mol. The molecule has 0 unspecified atom stereocenters. The number of hydrogen-bond acceptors (Lipinski definition) is 3. The topological polar surface area (TPSA) is 70.2 Å². The molecule has 0 spiro atoms. The number of rotatable bonds is 3. The van der Waals surface area contributed by atoms with Gasteiger partial charge in [-0.05, 0) is 44.1 Å². The van der Waals surface area contributed by atoms with Crippen LogP contribution in [-0.2, 0) is 4.79 Å². The van der Waals surface area contributed by atoms with Crippen LogP contribution in [0.3, 0.4) is 0 Å². The van der Waals surface area contributed by atoms with Gasteiger partial charge < -0.3 is 16.0 Å². The maximum Gasteiger partial charge on any atom is 0.254 e. The smallest absolute Gasteiger partial charge is 0.254 e. The van der Waals surface area contributed by atoms with E-state index in [0.29, 0.717) is 5.69 Å². The van der Waals surface area contributed by atoms with Crippen LogP contribution < -0.4 is 16.0 Å². The molecule has 0 aromatic heterocycles. The van der Waals surface area contributed by atoms with Gasteiger partial charge in [-0.1, -0.05) is 0 Å². The Balaban J connectivity index is 0.00000220. The van der Waals surface area contributed by atoms with E-state index in [9.17, 15) is 14.0 Å². The van der Waals surface area contributed by atoms with Crippen LogP contribution in [0, 0.1) is 5.82 Å². The van der Waals surface area contributed by atoms with Crippen LogP contribution in [0.4, 0.5) is 10.1 Å². The summed E-state index contributed by atoms with van der Waals surface area (Å²) in [5.41, 5.74) is 0.365. The highest BCUT2D eigenvalue weighted by Gasteiger charge is 2.19. The Morgan fingerprint density at radius 2 is 1.95 bits per heavy atom. The molecule has 7 heteroatoms. The molecule has 1 aliphatic heterocycles. The molecule has 1 saturated heterocycles. The Bertz CT molecular complexity index is 519. The first-order chi connectivity index (χ1) is 9.56. The van der Waals surface area contributed by atoms with Crippen LogP contribution in [0.25, 0.3) is 0 Å². The van der Waals surface area contributed by atoms with Gasteiger partial charge in [-0.15, -0.1) is 12.4 Å². The Kier molecular flexibility index (Phi) is 6.58. The molecule has 0 atom stereocenters. The molecule has 0 saturated carbocycles. The lowest BCUT2D eigenvalue weighted by Crippen LogP contribution is -2.42. The zero-order valence-electron chi connectivity index (χ0n) is 11.7. The Hall–Kier alpha value is -1.66. The number of piperidine rings is 1. The molecule has 1 heterocycles. The van der Waals surface area contributed by atoms with Crippen LogP contribution >= 0.6 is 12.4 Å². The molecule has 5 nitrogen and oxygen atoms in total. The summed E-state index contributed by atoms with van der Waals surface area (Å²) < 4.78 is 13.7. The molecule has 0 radical (unpaired) electrons. The Morgan fingerprint density at radius 3 is 2.57 bits per heavy atom. The standard InChI is InChI=1S/C14H18FN3O2.ClH/c1-9(19)17-11-2-3-13(15)12(8-11)14(20)18-10-4-6-16-7-5-10;/h2-3,8,10,16H,4-7H2,1H3,(H,17,19)(H,18,20);1H. The average molecular weight is 316 g/mol. The van der Waals surface area contributed by atoms with Gasteiger partial charge in [0.05, 0.1) is 5.56 Å². The first-order valence-electron chi connectivity index (χ1n) is 6.65. The number of carbonyl (C=O) groups is 2. The van der Waals surface area contributed by atoms with Crippen molar-refractivity contribution in [2.45, 2.75) is 25.8 Å². The minimum atomic E-state index is -0.592. The van der Waals surface area contributed by atoms with Crippen molar-refractivity contribution in [2.75, 3.05) is 18.4 Å². The van der Waals surface area contributed by atoms with Gasteiger partial charge in [0.1, 0.15) is 5.82 Å². The fraction of sp³-hybridized carbons (Fsp3) is 0.429. The van der Waals surface area contributed by atoms with Crippen molar-refractivity contribution in [3.05, 3.63) is 29.6 Å². The number of amides is 2. The summed E-state index contributed by atoms with van der Waals surface area (Å²) >= 11 is 0. The quantitative estimate of drug-likeness (QED) is 0.795. The van der Waals surface area contributed by atoms with Gasteiger partial charge in [0.15, 0.2) is 0 Å². The van der Waals surface area contributed by atoms with E-state index in [1.165, 1.54) is 25.1 Å². The van der Waals surface area contributed by atoms with E-state index in [4.69, 9.17) is 0 Å². The number of anilines is 1. The fourth-order valence-electron chi connectivity index (χ4n) is 2.21. The van der Waals surface area contributed by atoms with Gasteiger partial charge in [-0.25, -0.2) is 4.39 Å². The van der Waals surface area contributed by atoms with E-state index in [1.54, 1.807) is 0 Å². The lowest BCUT2D eigenvalue weighted by Gasteiger charge is -2.23. The molecule has 1 aromatic rings. The number of benzene rings is 1. The zero-order valence-corrected chi connectivity index (χ0v) is 12.6. The van der Waals surface area contributed by atoms with Crippen molar-refractivity contribution in [3.8, 4) is 0 Å². The number of nitrogens with one attached hydrogen (secondary N) is 3. The van der Waals surface area contributed by atoms with Crippen LogP contribution in [0.15, 0.2) is 18.2 Å². The normalized spacial score (nSPS) is 15.0. The zero-order chi connectivity index (χ0) is 14.5. The summed E-state index contributed by atoms with van der Waals surface area (Å²) in [6.45, 7) is 3.05. The van der Waals surface area contributed by atoms with Crippen LogP contribution in [0.1, 0.15) is 30.1 Å². The third-order valence-electron chi connectivity index (χ3n) is 3.21. The summed E-state index contributed by atoms with van der Waals surface area (Å²) in [5, 5.41) is 8.56. The maximum atomic E-state index is 13.7. The molecule has 116 valence electrons. The molecule has 2 amide bonds. The second-order valence-corrected chi connectivity index (χ2v) is 4.87. The molecule has 1 aromatic carbocycles. The molecular weight excluding hydrogens is 297 g/mol. The van der Waals surface area contributed by atoms with Gasteiger partial charge in [0.2, 0.25) is 5.91 Å². The first kappa shape index (κ1) is 17.4. The summed E-state index contributed by atoms with van der Waals surface area (Å²) in [7, 11) is 0. The number of carbonyl (C=O) groups excluding carboxylic acids is 2. The van der Waals surface area contributed by atoms with E-state index in [1.807, 2.05) is 0 Å². The van der Waals surface area contributed by atoms with Crippen molar-refractivity contribution in [2.24, 2.45) is 0 Å². The summed E-state index contributed by atoms with van der Waals surface area (Å²) in [6, 6.07) is 4.03. The Labute approximate surface area is 129 Å². The monoisotopic (exact) mass is 315 g/mol. The second kappa shape index (κ2) is 7.95. The van der Waals surface area contributed by atoms with E-state index in [0.717, 1.165) is 25.9 Å². The molecule has 2 rings (SSSR count). The van der Waals surface area contributed by atoms with Gasteiger partial charge in [-0.3, -0.25) is 9.59 Å². The third-order valence-corrected chi connectivity index (χ3v) is 3.21. The molecule has 1 fully saturated rings. The molecule has 1 aliphatic rings. The molecule has 3 N–H and O–H groups in total. The van der Waals surface area contributed by atoms with Crippen molar-refractivity contribution in [1.29, 1.82) is 0 Å². The first-order valence-corrected chi connectivity index (χ1v) is 6.65. The molecule has 21 heavy (non-hydrogen) atoms. The van der Waals surface area contributed by atoms with E-state index in [-0.39, 0.29) is 29.9 Å². The van der Waals surface area contributed by atoms with Crippen molar-refractivity contribution < 1.29 is 14.0 Å². The molecular formula is C14H19ClFN3O2. The van der Waals surface area contributed by atoms with Crippen molar-refractivity contribution in [1.82, 2.24) is 10.6 Å². The van der Waals surface area contributed by atoms with Crippen LogP contribution in [0.2, 0.25) is 0 Å². The highest BCUT2D eigenvalue weighted by molar-refractivity contribution is 5.97. The number of halogens is 2. The third kappa shape index (κ3) is 4.99. The van der Waals surface area contributed by atoms with Gasteiger partial charge in [-0.2, -0.15) is 0 Å². The predicted octanol–water partition coefficient (Wildman–Crippen LogP) is 1.69. The summed E-state index contributed by atoms with van der Waals surface area (Å²) in [6.07, 6.45) is 1.66. The van der Waals surface area contributed by atoms with Crippen molar-refractivity contribution >= 4 is 29.9 Å². The fourth-order valence-corrected chi connectivity index (χ4v) is 2.21. The summed E-state index contributed by atoms with van der Waals surface area (Å²) in [5.74, 6) is -1.30. The summed E-state index contributed by atoms with van der Waals surface area (Å²) in [4.78, 5) is 23.1. The lowest BCUT2D eigenvalue weighted by molar-refractivity contribution is -0.114. The van der Waals surface area contributed by atoms with E-state index >= 15 is 0 Å². The second-order valence-electron chi connectivity index (χ2n) is 4.87. The average Bonchev–Trinajstić information content (AvgIpc) is 2.41. The molecule has 0 aliphatic carbocycles. The van der Waals surface area contributed by atoms with Gasteiger partial charge in [0.25, 0.3) is 5.91 Å². The van der Waals surface area contributed by atoms with Crippen LogP contribution in [-0.4, -0.2) is 30.9 Å².